The number of hydrogen-bond acceptors (Lipinski definition) is 3. The molecule has 0 saturated heterocycles. The molecule has 0 aliphatic carbocycles. The zero-order valence-electron chi connectivity index (χ0n) is 19.0. The summed E-state index contributed by atoms with van der Waals surface area (Å²) < 4.78 is 0. The number of amides is 1. The maximum atomic E-state index is 12.7. The first-order chi connectivity index (χ1) is 13.7. The van der Waals surface area contributed by atoms with Gasteiger partial charge in [0.25, 0.3) is 0 Å². The molecule has 0 radical (unpaired) electrons. The number of carboxylic acid groups (broad SMARTS) is 1. The van der Waals surface area contributed by atoms with Gasteiger partial charge in [-0.2, -0.15) is 0 Å². The van der Waals surface area contributed by atoms with Gasteiger partial charge in [-0.25, -0.2) is 4.79 Å². The maximum Gasteiger partial charge on any atom is 0.335 e. The van der Waals surface area contributed by atoms with Gasteiger partial charge < -0.3 is 14.9 Å². The van der Waals surface area contributed by atoms with E-state index in [9.17, 15) is 14.7 Å². The van der Waals surface area contributed by atoms with E-state index in [0.29, 0.717) is 12.5 Å². The molecule has 0 saturated carbocycles. The monoisotopic (exact) mass is 402 g/mol. The Bertz CT molecular complexity index is 714. The van der Waals surface area contributed by atoms with Gasteiger partial charge in [0.1, 0.15) is 0 Å². The fourth-order valence-electron chi connectivity index (χ4n) is 3.45. The van der Waals surface area contributed by atoms with Crippen molar-refractivity contribution in [1.82, 2.24) is 4.90 Å². The summed E-state index contributed by atoms with van der Waals surface area (Å²) in [5, 5.41) is 9.54. The third-order valence-corrected chi connectivity index (χ3v) is 5.81. The van der Waals surface area contributed by atoms with Crippen LogP contribution in [0.5, 0.6) is 0 Å². The Kier molecular flexibility index (Phi) is 9.93. The average Bonchev–Trinajstić information content (AvgIpc) is 2.70. The first kappa shape index (κ1) is 24.7. The normalized spacial score (nSPS) is 12.9. The number of hydrogen-bond donors (Lipinski definition) is 1. The van der Waals surface area contributed by atoms with Crippen molar-refractivity contribution in [3.05, 3.63) is 41.5 Å². The van der Waals surface area contributed by atoms with E-state index in [1.165, 1.54) is 0 Å². The highest BCUT2D eigenvalue weighted by atomic mass is 16.4. The first-order valence-corrected chi connectivity index (χ1v) is 10.7. The second-order valence-electron chi connectivity index (χ2n) is 7.97. The van der Waals surface area contributed by atoms with E-state index in [-0.39, 0.29) is 24.1 Å². The molecule has 2 atom stereocenters. The Morgan fingerprint density at radius 3 is 2.34 bits per heavy atom. The summed E-state index contributed by atoms with van der Waals surface area (Å²) in [4.78, 5) is 28.1. The lowest BCUT2D eigenvalue weighted by molar-refractivity contribution is -0.128. The molecule has 0 heterocycles. The molecule has 1 amide bonds. The van der Waals surface area contributed by atoms with Crippen molar-refractivity contribution >= 4 is 17.6 Å². The molecule has 5 heteroatoms. The van der Waals surface area contributed by atoms with Crippen molar-refractivity contribution in [2.24, 2.45) is 5.92 Å². The van der Waals surface area contributed by atoms with E-state index >= 15 is 0 Å². The SMILES string of the molecule is C=C(C)C(C)N(CC(=O)N(C)CC)c1cc(C(=O)O)ccc1CC(CC)CCC. The first-order valence-electron chi connectivity index (χ1n) is 10.7. The molecule has 162 valence electrons. The maximum absolute atomic E-state index is 12.7. The molecule has 1 N–H and O–H groups in total. The summed E-state index contributed by atoms with van der Waals surface area (Å²) in [6, 6.07) is 5.22. The smallest absolute Gasteiger partial charge is 0.335 e. The number of aromatic carboxylic acids is 1. The Morgan fingerprint density at radius 2 is 1.86 bits per heavy atom. The summed E-state index contributed by atoms with van der Waals surface area (Å²) in [6.07, 6.45) is 4.19. The summed E-state index contributed by atoms with van der Waals surface area (Å²) >= 11 is 0. The van der Waals surface area contributed by atoms with Crippen LogP contribution in [-0.2, 0) is 11.2 Å². The van der Waals surface area contributed by atoms with Crippen LogP contribution in [0, 0.1) is 5.92 Å². The van der Waals surface area contributed by atoms with Crippen LogP contribution in [0.15, 0.2) is 30.4 Å². The van der Waals surface area contributed by atoms with Gasteiger partial charge in [0.2, 0.25) is 5.91 Å². The summed E-state index contributed by atoms with van der Waals surface area (Å²) in [6.45, 7) is 15.2. The lowest BCUT2D eigenvalue weighted by atomic mass is 9.90. The fourth-order valence-corrected chi connectivity index (χ4v) is 3.45. The molecular formula is C24H38N2O3. The van der Waals surface area contributed by atoms with Crippen molar-refractivity contribution in [2.75, 3.05) is 25.0 Å². The molecule has 1 aromatic carbocycles. The van der Waals surface area contributed by atoms with Crippen molar-refractivity contribution in [2.45, 2.75) is 66.3 Å². The molecule has 29 heavy (non-hydrogen) atoms. The molecule has 2 unspecified atom stereocenters. The van der Waals surface area contributed by atoms with Gasteiger partial charge >= 0.3 is 5.97 Å². The van der Waals surface area contributed by atoms with Crippen LogP contribution in [0.1, 0.15) is 69.8 Å². The van der Waals surface area contributed by atoms with Crippen LogP contribution >= 0.6 is 0 Å². The molecule has 0 aliphatic rings. The van der Waals surface area contributed by atoms with Gasteiger partial charge in [0.05, 0.1) is 12.1 Å². The number of carbonyl (C=O) groups excluding carboxylic acids is 1. The molecule has 1 rings (SSSR count). The Balaban J connectivity index is 3.48. The van der Waals surface area contributed by atoms with Crippen LogP contribution in [0.2, 0.25) is 0 Å². The number of benzene rings is 1. The topological polar surface area (TPSA) is 60.9 Å². The summed E-state index contributed by atoms with van der Waals surface area (Å²) in [5.74, 6) is -0.420. The zero-order chi connectivity index (χ0) is 22.1. The van der Waals surface area contributed by atoms with Gasteiger partial charge in [0.15, 0.2) is 0 Å². The van der Waals surface area contributed by atoms with E-state index in [1.807, 2.05) is 31.7 Å². The van der Waals surface area contributed by atoms with E-state index in [4.69, 9.17) is 0 Å². The van der Waals surface area contributed by atoms with E-state index in [1.54, 1.807) is 24.1 Å². The van der Waals surface area contributed by atoms with Crippen molar-refractivity contribution < 1.29 is 14.7 Å². The Hall–Kier alpha value is -2.30. The number of rotatable bonds is 12. The lowest BCUT2D eigenvalue weighted by Crippen LogP contribution is -2.43. The Labute approximate surface area is 176 Å². The highest BCUT2D eigenvalue weighted by Gasteiger charge is 2.24. The average molecular weight is 403 g/mol. The molecule has 0 bridgehead atoms. The summed E-state index contributed by atoms with van der Waals surface area (Å²) in [7, 11) is 1.79. The zero-order valence-corrected chi connectivity index (χ0v) is 19.0. The fraction of sp³-hybridized carbons (Fsp3) is 0.583. The predicted octanol–water partition coefficient (Wildman–Crippen LogP) is 5.00. The molecule has 0 spiro atoms. The highest BCUT2D eigenvalue weighted by molar-refractivity contribution is 5.90. The third kappa shape index (κ3) is 6.91. The van der Waals surface area contributed by atoms with Crippen molar-refractivity contribution in [3.63, 3.8) is 0 Å². The minimum absolute atomic E-state index is 0.00729. The van der Waals surface area contributed by atoms with Crippen LogP contribution in [0.4, 0.5) is 5.69 Å². The van der Waals surface area contributed by atoms with Gasteiger partial charge in [-0.3, -0.25) is 4.79 Å². The molecule has 0 aliphatic heterocycles. The second kappa shape index (κ2) is 11.6. The third-order valence-electron chi connectivity index (χ3n) is 5.81. The molecule has 5 nitrogen and oxygen atoms in total. The van der Waals surface area contributed by atoms with E-state index < -0.39 is 5.97 Å². The predicted molar refractivity (Wildman–Crippen MR) is 121 cm³/mol. The van der Waals surface area contributed by atoms with Crippen LogP contribution in [-0.4, -0.2) is 48.1 Å². The van der Waals surface area contributed by atoms with Crippen LogP contribution < -0.4 is 4.90 Å². The van der Waals surface area contributed by atoms with Gasteiger partial charge in [-0.15, -0.1) is 0 Å². The molecule has 1 aromatic rings. The minimum atomic E-state index is -0.960. The number of likely N-dealkylation sites (N-methyl/N-ethyl adjacent to an activating group) is 1. The van der Waals surface area contributed by atoms with Crippen molar-refractivity contribution in [1.29, 1.82) is 0 Å². The standard InChI is InChI=1S/C24H38N2O3/c1-8-11-19(9-2)14-20-12-13-21(24(28)29)15-22(20)26(18(6)17(4)5)16-23(27)25(7)10-3/h12-13,15,18-19H,4,8-11,14,16H2,1-3,5-7H3,(H,28,29). The van der Waals surface area contributed by atoms with Crippen LogP contribution in [0.3, 0.4) is 0 Å². The number of anilines is 1. The number of carboxylic acids is 1. The lowest BCUT2D eigenvalue weighted by Gasteiger charge is -2.34. The largest absolute Gasteiger partial charge is 0.478 e. The minimum Gasteiger partial charge on any atom is -0.478 e. The quantitative estimate of drug-likeness (QED) is 0.500. The van der Waals surface area contributed by atoms with Crippen LogP contribution in [0.25, 0.3) is 0 Å². The number of carbonyl (C=O) groups is 2. The number of nitrogens with zero attached hydrogens (tertiary/aromatic N) is 2. The molecular weight excluding hydrogens is 364 g/mol. The highest BCUT2D eigenvalue weighted by Crippen LogP contribution is 2.30. The Morgan fingerprint density at radius 1 is 1.21 bits per heavy atom. The van der Waals surface area contributed by atoms with Gasteiger partial charge in [0, 0.05) is 25.3 Å². The second-order valence-corrected chi connectivity index (χ2v) is 7.97. The van der Waals surface area contributed by atoms with Crippen molar-refractivity contribution in [3.8, 4) is 0 Å². The van der Waals surface area contributed by atoms with E-state index in [0.717, 1.165) is 42.5 Å². The van der Waals surface area contributed by atoms with Gasteiger partial charge in [-0.05, 0) is 50.8 Å². The summed E-state index contributed by atoms with van der Waals surface area (Å²) in [5.41, 5.74) is 3.09. The van der Waals surface area contributed by atoms with E-state index in [2.05, 4.69) is 20.4 Å². The molecule has 0 fully saturated rings. The molecule has 0 aromatic heterocycles. The van der Waals surface area contributed by atoms with Gasteiger partial charge in [-0.1, -0.05) is 51.3 Å².